The number of hydrogen-bond acceptors (Lipinski definition) is 3. The lowest BCUT2D eigenvalue weighted by Crippen LogP contribution is -2.48. The molecule has 25 heavy (non-hydrogen) atoms. The summed E-state index contributed by atoms with van der Waals surface area (Å²) in [5, 5.41) is 3.26. The maximum absolute atomic E-state index is 11.7. The number of hydrogen-bond donors (Lipinski definition) is 2. The SMILES string of the molecule is CCOC(=O)N1CCC(NC(N)=NCCc2cccc(C)c2)CC1.I. The molecular weight excluding hydrogens is 431 g/mol. The minimum absolute atomic E-state index is 0. The van der Waals surface area contributed by atoms with Crippen molar-refractivity contribution >= 4 is 36.0 Å². The van der Waals surface area contributed by atoms with Gasteiger partial charge in [-0.2, -0.15) is 0 Å². The molecule has 0 bridgehead atoms. The van der Waals surface area contributed by atoms with Crippen LogP contribution >= 0.6 is 24.0 Å². The molecule has 0 aromatic heterocycles. The number of nitrogens with zero attached hydrogens (tertiary/aromatic N) is 2. The molecule has 1 fully saturated rings. The molecule has 1 aromatic rings. The highest BCUT2D eigenvalue weighted by molar-refractivity contribution is 14.0. The molecule has 1 aliphatic rings. The first kappa shape index (κ1) is 21.5. The third kappa shape index (κ3) is 7.50. The number of carbonyl (C=O) groups is 1. The van der Waals surface area contributed by atoms with Crippen LogP contribution in [-0.2, 0) is 11.2 Å². The van der Waals surface area contributed by atoms with Crippen LogP contribution in [0.3, 0.4) is 0 Å². The molecular formula is C18H29IN4O2. The van der Waals surface area contributed by atoms with Crippen molar-refractivity contribution in [2.45, 2.75) is 39.2 Å². The number of nitrogens with one attached hydrogen (secondary N) is 1. The monoisotopic (exact) mass is 460 g/mol. The number of piperidine rings is 1. The lowest BCUT2D eigenvalue weighted by Gasteiger charge is -2.31. The summed E-state index contributed by atoms with van der Waals surface area (Å²) in [4.78, 5) is 17.8. The van der Waals surface area contributed by atoms with Crippen LogP contribution in [0.25, 0.3) is 0 Å². The molecule has 1 saturated heterocycles. The Labute approximate surface area is 167 Å². The van der Waals surface area contributed by atoms with Gasteiger partial charge in [-0.1, -0.05) is 29.8 Å². The number of aliphatic imine (C=N–C) groups is 1. The zero-order chi connectivity index (χ0) is 17.4. The van der Waals surface area contributed by atoms with Crippen LogP contribution < -0.4 is 11.1 Å². The normalized spacial score (nSPS) is 15.4. The topological polar surface area (TPSA) is 80.0 Å². The molecule has 1 aromatic carbocycles. The fourth-order valence-corrected chi connectivity index (χ4v) is 2.85. The van der Waals surface area contributed by atoms with Crippen LogP contribution in [0.15, 0.2) is 29.3 Å². The number of aryl methyl sites for hydroxylation is 1. The number of halogens is 1. The number of amides is 1. The highest BCUT2D eigenvalue weighted by Crippen LogP contribution is 2.11. The molecule has 3 N–H and O–H groups in total. The van der Waals surface area contributed by atoms with E-state index in [2.05, 4.69) is 41.5 Å². The Morgan fingerprint density at radius 1 is 1.40 bits per heavy atom. The Morgan fingerprint density at radius 2 is 2.12 bits per heavy atom. The predicted octanol–water partition coefficient (Wildman–Crippen LogP) is 2.68. The molecule has 140 valence electrons. The molecule has 2 rings (SSSR count). The van der Waals surface area contributed by atoms with Gasteiger partial charge in [0.1, 0.15) is 0 Å². The maximum Gasteiger partial charge on any atom is 0.409 e. The summed E-state index contributed by atoms with van der Waals surface area (Å²) < 4.78 is 5.02. The Bertz CT molecular complexity index is 572. The van der Waals surface area contributed by atoms with Gasteiger partial charge in [-0.05, 0) is 38.7 Å². The van der Waals surface area contributed by atoms with E-state index in [0.29, 0.717) is 32.2 Å². The Morgan fingerprint density at radius 3 is 2.76 bits per heavy atom. The summed E-state index contributed by atoms with van der Waals surface area (Å²) in [6, 6.07) is 8.69. The van der Waals surface area contributed by atoms with E-state index in [1.165, 1.54) is 11.1 Å². The number of guanidine groups is 1. The molecule has 0 spiro atoms. The number of carbonyl (C=O) groups excluding carboxylic acids is 1. The molecule has 0 atom stereocenters. The van der Waals surface area contributed by atoms with Gasteiger partial charge in [-0.15, -0.1) is 24.0 Å². The van der Waals surface area contributed by atoms with Crippen LogP contribution in [0, 0.1) is 6.92 Å². The van der Waals surface area contributed by atoms with Gasteiger partial charge in [0.2, 0.25) is 0 Å². The summed E-state index contributed by atoms with van der Waals surface area (Å²) in [6.45, 7) is 6.37. The summed E-state index contributed by atoms with van der Waals surface area (Å²) in [5.41, 5.74) is 8.51. The molecule has 0 aliphatic carbocycles. The molecule has 0 saturated carbocycles. The fourth-order valence-electron chi connectivity index (χ4n) is 2.85. The van der Waals surface area contributed by atoms with Gasteiger partial charge in [-0.25, -0.2) is 4.79 Å². The zero-order valence-corrected chi connectivity index (χ0v) is 17.4. The number of nitrogens with two attached hydrogens (primary N) is 1. The van der Waals surface area contributed by atoms with Gasteiger partial charge in [0.25, 0.3) is 0 Å². The third-order valence-corrected chi connectivity index (χ3v) is 4.14. The number of benzene rings is 1. The standard InChI is InChI=1S/C18H28N4O2.HI/c1-3-24-18(23)22-11-8-16(9-12-22)21-17(19)20-10-7-15-6-4-5-14(2)13-15;/h4-6,13,16H,3,7-12H2,1-2H3,(H3,19,20,21);1H. The molecule has 0 unspecified atom stereocenters. The highest BCUT2D eigenvalue weighted by Gasteiger charge is 2.23. The minimum atomic E-state index is -0.226. The van der Waals surface area contributed by atoms with Crippen LogP contribution in [-0.4, -0.2) is 49.2 Å². The first-order valence-corrected chi connectivity index (χ1v) is 8.62. The molecule has 6 nitrogen and oxygen atoms in total. The summed E-state index contributed by atoms with van der Waals surface area (Å²) in [5.74, 6) is 0.484. The molecule has 7 heteroatoms. The van der Waals surface area contributed by atoms with E-state index in [0.717, 1.165) is 19.3 Å². The Kier molecular flexibility index (Phi) is 9.62. The third-order valence-electron chi connectivity index (χ3n) is 4.14. The Balaban J connectivity index is 0.00000312. The lowest BCUT2D eigenvalue weighted by atomic mass is 10.1. The fraction of sp³-hybridized carbons (Fsp3) is 0.556. The second kappa shape index (κ2) is 11.2. The lowest BCUT2D eigenvalue weighted by molar-refractivity contribution is 0.0963. The number of rotatable bonds is 5. The number of likely N-dealkylation sites (tertiary alicyclic amines) is 1. The van der Waals surface area contributed by atoms with Gasteiger partial charge < -0.3 is 20.7 Å². The zero-order valence-electron chi connectivity index (χ0n) is 15.0. The average molecular weight is 460 g/mol. The van der Waals surface area contributed by atoms with E-state index >= 15 is 0 Å². The van der Waals surface area contributed by atoms with Crippen molar-refractivity contribution in [3.05, 3.63) is 35.4 Å². The van der Waals surface area contributed by atoms with Gasteiger partial charge >= 0.3 is 6.09 Å². The van der Waals surface area contributed by atoms with Crippen molar-refractivity contribution in [3.8, 4) is 0 Å². The van der Waals surface area contributed by atoms with E-state index in [9.17, 15) is 4.79 Å². The van der Waals surface area contributed by atoms with Crippen molar-refractivity contribution in [2.24, 2.45) is 10.7 Å². The van der Waals surface area contributed by atoms with Crippen LogP contribution in [0.1, 0.15) is 30.9 Å². The van der Waals surface area contributed by atoms with Crippen molar-refractivity contribution < 1.29 is 9.53 Å². The van der Waals surface area contributed by atoms with Gasteiger partial charge in [0.05, 0.1) is 6.61 Å². The first-order valence-electron chi connectivity index (χ1n) is 8.62. The van der Waals surface area contributed by atoms with Crippen molar-refractivity contribution in [1.29, 1.82) is 0 Å². The quantitative estimate of drug-likeness (QED) is 0.403. The second-order valence-electron chi connectivity index (χ2n) is 6.11. The molecule has 1 amide bonds. The van der Waals surface area contributed by atoms with E-state index in [4.69, 9.17) is 10.5 Å². The van der Waals surface area contributed by atoms with Crippen LogP contribution in [0.4, 0.5) is 4.79 Å². The van der Waals surface area contributed by atoms with E-state index in [1.807, 2.05) is 6.92 Å². The van der Waals surface area contributed by atoms with Gasteiger partial charge in [-0.3, -0.25) is 4.99 Å². The maximum atomic E-state index is 11.7. The summed E-state index contributed by atoms with van der Waals surface area (Å²) in [7, 11) is 0. The highest BCUT2D eigenvalue weighted by atomic mass is 127. The minimum Gasteiger partial charge on any atom is -0.450 e. The van der Waals surface area contributed by atoms with Gasteiger partial charge in [0.15, 0.2) is 5.96 Å². The summed E-state index contributed by atoms with van der Waals surface area (Å²) in [6.07, 6.45) is 2.36. The smallest absolute Gasteiger partial charge is 0.409 e. The largest absolute Gasteiger partial charge is 0.450 e. The number of ether oxygens (including phenoxy) is 1. The van der Waals surface area contributed by atoms with Crippen molar-refractivity contribution in [3.63, 3.8) is 0 Å². The predicted molar refractivity (Wildman–Crippen MR) is 112 cm³/mol. The molecule has 0 radical (unpaired) electrons. The van der Waals surface area contributed by atoms with E-state index < -0.39 is 0 Å². The first-order chi connectivity index (χ1) is 11.6. The molecule has 1 heterocycles. The van der Waals surface area contributed by atoms with Crippen LogP contribution in [0.5, 0.6) is 0 Å². The van der Waals surface area contributed by atoms with Crippen LogP contribution in [0.2, 0.25) is 0 Å². The van der Waals surface area contributed by atoms with Crippen molar-refractivity contribution in [1.82, 2.24) is 10.2 Å². The van der Waals surface area contributed by atoms with Crippen molar-refractivity contribution in [2.75, 3.05) is 26.2 Å². The molecule has 1 aliphatic heterocycles. The second-order valence-corrected chi connectivity index (χ2v) is 6.11. The van der Waals surface area contributed by atoms with Gasteiger partial charge in [0, 0.05) is 25.7 Å². The summed E-state index contributed by atoms with van der Waals surface area (Å²) >= 11 is 0. The van der Waals surface area contributed by atoms with E-state index in [1.54, 1.807) is 4.90 Å². The average Bonchev–Trinajstić information content (AvgIpc) is 2.56. The van der Waals surface area contributed by atoms with E-state index in [-0.39, 0.29) is 36.1 Å². The Hall–Kier alpha value is -1.51.